The zero-order valence-electron chi connectivity index (χ0n) is 12.8. The Balaban J connectivity index is 1.69. The monoisotopic (exact) mass is 328 g/mol. The molecule has 122 valence electrons. The first kappa shape index (κ1) is 15.8. The van der Waals surface area contributed by atoms with Gasteiger partial charge in [0.2, 0.25) is 0 Å². The Morgan fingerprint density at radius 2 is 1.79 bits per heavy atom. The van der Waals surface area contributed by atoms with Crippen molar-refractivity contribution in [3.8, 4) is 11.4 Å². The van der Waals surface area contributed by atoms with Crippen LogP contribution in [0.2, 0.25) is 0 Å². The van der Waals surface area contributed by atoms with Gasteiger partial charge in [0.1, 0.15) is 23.0 Å². The lowest BCUT2D eigenvalue weighted by atomic mass is 10.1. The molecular weight excluding hydrogens is 314 g/mol. The highest BCUT2D eigenvalue weighted by molar-refractivity contribution is 5.94. The number of halogens is 2. The summed E-state index contributed by atoms with van der Waals surface area (Å²) in [6, 6.07) is 10.9. The van der Waals surface area contributed by atoms with Gasteiger partial charge >= 0.3 is 0 Å². The minimum Gasteiger partial charge on any atom is -0.345 e. The number of aryl methyl sites for hydroxylation is 1. The van der Waals surface area contributed by atoms with Crippen molar-refractivity contribution in [3.63, 3.8) is 0 Å². The van der Waals surface area contributed by atoms with Gasteiger partial charge in [-0.15, -0.1) is 0 Å². The summed E-state index contributed by atoms with van der Waals surface area (Å²) >= 11 is 0. The topological polar surface area (TPSA) is 70.7 Å². The van der Waals surface area contributed by atoms with Crippen molar-refractivity contribution < 1.29 is 13.6 Å². The largest absolute Gasteiger partial charge is 0.345 e. The van der Waals surface area contributed by atoms with Crippen molar-refractivity contribution in [3.05, 3.63) is 71.1 Å². The third kappa shape index (κ3) is 3.29. The van der Waals surface area contributed by atoms with E-state index in [1.165, 1.54) is 6.07 Å². The number of benzene rings is 2. The van der Waals surface area contributed by atoms with Crippen LogP contribution in [0.4, 0.5) is 8.78 Å². The van der Waals surface area contributed by atoms with Crippen LogP contribution >= 0.6 is 0 Å². The zero-order valence-corrected chi connectivity index (χ0v) is 12.8. The normalized spacial score (nSPS) is 10.6. The van der Waals surface area contributed by atoms with Crippen LogP contribution in [0.5, 0.6) is 0 Å². The molecule has 0 unspecified atom stereocenters. The van der Waals surface area contributed by atoms with Crippen molar-refractivity contribution in [2.24, 2.45) is 0 Å². The average Bonchev–Trinajstić information content (AvgIpc) is 3.02. The van der Waals surface area contributed by atoms with Crippen LogP contribution in [-0.4, -0.2) is 21.1 Å². The molecule has 24 heavy (non-hydrogen) atoms. The number of aromatic amines is 1. The molecule has 0 aliphatic rings. The summed E-state index contributed by atoms with van der Waals surface area (Å²) in [5.74, 6) is -1.80. The summed E-state index contributed by atoms with van der Waals surface area (Å²) < 4.78 is 27.1. The number of rotatable bonds is 4. The molecule has 0 fully saturated rings. The van der Waals surface area contributed by atoms with Gasteiger partial charge in [-0.05, 0) is 19.1 Å². The maximum Gasteiger partial charge on any atom is 0.257 e. The predicted octanol–water partition coefficient (Wildman–Crippen LogP) is 2.99. The van der Waals surface area contributed by atoms with E-state index in [0.29, 0.717) is 11.6 Å². The second kappa shape index (κ2) is 6.57. The van der Waals surface area contributed by atoms with Gasteiger partial charge in [-0.3, -0.25) is 9.89 Å². The SMILES string of the molecule is Cc1ccc(-c2n[nH]c(CNC(=O)c3c(F)cccc3F)n2)cc1. The second-order valence-corrected chi connectivity index (χ2v) is 5.25. The number of H-pyrrole nitrogens is 1. The summed E-state index contributed by atoms with van der Waals surface area (Å²) in [6.45, 7) is 1.95. The molecule has 0 bridgehead atoms. The van der Waals surface area contributed by atoms with Gasteiger partial charge in [0.15, 0.2) is 5.82 Å². The molecule has 0 aliphatic carbocycles. The van der Waals surface area contributed by atoms with Crippen LogP contribution in [0.3, 0.4) is 0 Å². The number of hydrogen-bond donors (Lipinski definition) is 2. The molecule has 0 atom stereocenters. The lowest BCUT2D eigenvalue weighted by molar-refractivity contribution is 0.0941. The van der Waals surface area contributed by atoms with E-state index in [2.05, 4.69) is 20.5 Å². The van der Waals surface area contributed by atoms with Crippen molar-refractivity contribution in [2.45, 2.75) is 13.5 Å². The van der Waals surface area contributed by atoms with E-state index in [0.717, 1.165) is 23.3 Å². The van der Waals surface area contributed by atoms with Gasteiger partial charge in [-0.1, -0.05) is 35.9 Å². The fraction of sp³-hybridized carbons (Fsp3) is 0.118. The fourth-order valence-electron chi connectivity index (χ4n) is 2.17. The number of carbonyl (C=O) groups excluding carboxylic acids is 1. The summed E-state index contributed by atoms with van der Waals surface area (Å²) in [7, 11) is 0. The van der Waals surface area contributed by atoms with Crippen molar-refractivity contribution in [2.75, 3.05) is 0 Å². The number of nitrogens with zero attached hydrogens (tertiary/aromatic N) is 2. The molecular formula is C17H14F2N4O. The summed E-state index contributed by atoms with van der Waals surface area (Å²) in [4.78, 5) is 16.2. The van der Waals surface area contributed by atoms with Crippen molar-refractivity contribution in [1.29, 1.82) is 0 Å². The first-order chi connectivity index (χ1) is 11.5. The molecule has 0 aliphatic heterocycles. The Kier molecular flexibility index (Phi) is 4.33. The molecule has 0 radical (unpaired) electrons. The van der Waals surface area contributed by atoms with E-state index in [9.17, 15) is 13.6 Å². The summed E-state index contributed by atoms with van der Waals surface area (Å²) in [5.41, 5.74) is 1.33. The van der Waals surface area contributed by atoms with E-state index in [1.807, 2.05) is 31.2 Å². The molecule has 3 aromatic rings. The lowest BCUT2D eigenvalue weighted by Crippen LogP contribution is -2.25. The highest BCUT2D eigenvalue weighted by Gasteiger charge is 2.17. The molecule has 0 saturated carbocycles. The molecule has 2 aromatic carbocycles. The van der Waals surface area contributed by atoms with E-state index in [-0.39, 0.29) is 6.54 Å². The molecule has 1 amide bonds. The highest BCUT2D eigenvalue weighted by atomic mass is 19.1. The van der Waals surface area contributed by atoms with Crippen LogP contribution in [0.15, 0.2) is 42.5 Å². The van der Waals surface area contributed by atoms with Gasteiger partial charge in [-0.2, -0.15) is 5.10 Å². The summed E-state index contributed by atoms with van der Waals surface area (Å²) in [6.07, 6.45) is 0. The van der Waals surface area contributed by atoms with Crippen LogP contribution in [0, 0.1) is 18.6 Å². The van der Waals surface area contributed by atoms with Gasteiger partial charge in [-0.25, -0.2) is 13.8 Å². The number of amides is 1. The maximum atomic E-state index is 13.5. The molecule has 5 nitrogen and oxygen atoms in total. The van der Waals surface area contributed by atoms with Crippen molar-refractivity contribution in [1.82, 2.24) is 20.5 Å². The number of nitrogens with one attached hydrogen (secondary N) is 2. The third-order valence-corrected chi connectivity index (χ3v) is 3.45. The molecule has 0 saturated heterocycles. The maximum absolute atomic E-state index is 13.5. The number of aromatic nitrogens is 3. The van der Waals surface area contributed by atoms with E-state index in [1.54, 1.807) is 0 Å². The second-order valence-electron chi connectivity index (χ2n) is 5.25. The summed E-state index contributed by atoms with van der Waals surface area (Å²) in [5, 5.41) is 9.18. The first-order valence-electron chi connectivity index (χ1n) is 7.25. The quantitative estimate of drug-likeness (QED) is 0.773. The molecule has 2 N–H and O–H groups in total. The molecule has 1 aromatic heterocycles. The van der Waals surface area contributed by atoms with Crippen LogP contribution in [0.25, 0.3) is 11.4 Å². The molecule has 7 heteroatoms. The minimum atomic E-state index is -0.912. The van der Waals surface area contributed by atoms with Crippen molar-refractivity contribution >= 4 is 5.91 Å². The minimum absolute atomic E-state index is 0.0224. The molecule has 0 spiro atoms. The van der Waals surface area contributed by atoms with Crippen LogP contribution in [-0.2, 0) is 6.54 Å². The van der Waals surface area contributed by atoms with Gasteiger partial charge in [0.05, 0.1) is 6.54 Å². The predicted molar refractivity (Wildman–Crippen MR) is 84.1 cm³/mol. The Morgan fingerprint density at radius 1 is 1.12 bits per heavy atom. The standard InChI is InChI=1S/C17H14F2N4O/c1-10-5-7-11(8-6-10)16-21-14(22-23-16)9-20-17(24)15-12(18)3-2-4-13(15)19/h2-8H,9H2,1H3,(H,20,24)(H,21,22,23). The van der Waals surface area contributed by atoms with E-state index >= 15 is 0 Å². The highest BCUT2D eigenvalue weighted by Crippen LogP contribution is 2.15. The number of carbonyl (C=O) groups is 1. The Labute approximate surface area is 136 Å². The van der Waals surface area contributed by atoms with Gasteiger partial charge in [0, 0.05) is 5.56 Å². The molecule has 3 rings (SSSR count). The zero-order chi connectivity index (χ0) is 17.1. The lowest BCUT2D eigenvalue weighted by Gasteiger charge is -2.05. The Bertz CT molecular complexity index is 854. The average molecular weight is 328 g/mol. The van der Waals surface area contributed by atoms with Gasteiger partial charge in [0.25, 0.3) is 5.91 Å². The molecule has 1 heterocycles. The third-order valence-electron chi connectivity index (χ3n) is 3.45. The van der Waals surface area contributed by atoms with Gasteiger partial charge < -0.3 is 5.32 Å². The van der Waals surface area contributed by atoms with Crippen LogP contribution in [0.1, 0.15) is 21.7 Å². The first-order valence-corrected chi connectivity index (χ1v) is 7.25. The Morgan fingerprint density at radius 3 is 2.46 bits per heavy atom. The van der Waals surface area contributed by atoms with E-state index < -0.39 is 23.1 Å². The fourth-order valence-corrected chi connectivity index (χ4v) is 2.17. The smallest absolute Gasteiger partial charge is 0.257 e. The number of hydrogen-bond acceptors (Lipinski definition) is 3. The van der Waals surface area contributed by atoms with Crippen LogP contribution < -0.4 is 5.32 Å². The Hall–Kier alpha value is -3.09. The van der Waals surface area contributed by atoms with E-state index in [4.69, 9.17) is 0 Å².